The van der Waals surface area contributed by atoms with Crippen molar-refractivity contribution in [2.24, 2.45) is 0 Å². The highest BCUT2D eigenvalue weighted by Crippen LogP contribution is 2.31. The SMILES string of the molecule is CC(=O)Nc1nc2c(C)cc(NS(=O)(=O)c3ccc(F)cc3)cc2s1. The predicted octanol–water partition coefficient (Wildman–Crippen LogP) is 3.50. The van der Waals surface area contributed by atoms with Crippen LogP contribution < -0.4 is 10.0 Å². The lowest BCUT2D eigenvalue weighted by Crippen LogP contribution is -2.13. The molecule has 0 saturated heterocycles. The zero-order valence-corrected chi connectivity index (χ0v) is 15.0. The van der Waals surface area contributed by atoms with Gasteiger partial charge in [0.2, 0.25) is 5.91 Å². The minimum absolute atomic E-state index is 0.0325. The first-order valence-electron chi connectivity index (χ1n) is 7.22. The maximum absolute atomic E-state index is 13.0. The van der Waals surface area contributed by atoms with Crippen LogP contribution >= 0.6 is 11.3 Å². The molecule has 2 N–H and O–H groups in total. The molecule has 0 unspecified atom stereocenters. The fourth-order valence-electron chi connectivity index (χ4n) is 2.29. The van der Waals surface area contributed by atoms with Gasteiger partial charge in [-0.15, -0.1) is 0 Å². The molecular weight excluding hydrogens is 365 g/mol. The number of hydrogen-bond acceptors (Lipinski definition) is 5. The van der Waals surface area contributed by atoms with Gasteiger partial charge in [-0.2, -0.15) is 0 Å². The number of fused-ring (bicyclic) bond motifs is 1. The lowest BCUT2D eigenvalue weighted by Gasteiger charge is -2.09. The van der Waals surface area contributed by atoms with Crippen molar-refractivity contribution in [3.8, 4) is 0 Å². The summed E-state index contributed by atoms with van der Waals surface area (Å²) in [5, 5.41) is 3.06. The van der Waals surface area contributed by atoms with Gasteiger partial charge in [-0.25, -0.2) is 17.8 Å². The van der Waals surface area contributed by atoms with Crippen molar-refractivity contribution in [1.82, 2.24) is 4.98 Å². The van der Waals surface area contributed by atoms with E-state index in [1.807, 2.05) is 0 Å². The topological polar surface area (TPSA) is 88.2 Å². The monoisotopic (exact) mass is 379 g/mol. The average molecular weight is 379 g/mol. The lowest BCUT2D eigenvalue weighted by atomic mass is 10.2. The number of anilines is 2. The van der Waals surface area contributed by atoms with Gasteiger partial charge in [-0.1, -0.05) is 11.3 Å². The molecule has 2 aromatic carbocycles. The van der Waals surface area contributed by atoms with E-state index in [1.54, 1.807) is 19.1 Å². The molecule has 0 bridgehead atoms. The van der Waals surface area contributed by atoms with Gasteiger partial charge in [-0.3, -0.25) is 9.52 Å². The van der Waals surface area contributed by atoms with Crippen LogP contribution in [0.5, 0.6) is 0 Å². The number of hydrogen-bond donors (Lipinski definition) is 2. The van der Waals surface area contributed by atoms with Crippen molar-refractivity contribution in [3.63, 3.8) is 0 Å². The van der Waals surface area contributed by atoms with Gasteiger partial charge in [0.25, 0.3) is 10.0 Å². The van der Waals surface area contributed by atoms with Gasteiger partial charge in [0.15, 0.2) is 5.13 Å². The van der Waals surface area contributed by atoms with E-state index >= 15 is 0 Å². The van der Waals surface area contributed by atoms with Crippen LogP contribution in [0.25, 0.3) is 10.2 Å². The van der Waals surface area contributed by atoms with Crippen molar-refractivity contribution >= 4 is 48.3 Å². The third-order valence-corrected chi connectivity index (χ3v) is 5.66. The van der Waals surface area contributed by atoms with Crippen molar-refractivity contribution in [2.45, 2.75) is 18.7 Å². The molecule has 0 aliphatic heterocycles. The van der Waals surface area contributed by atoms with Crippen molar-refractivity contribution < 1.29 is 17.6 Å². The summed E-state index contributed by atoms with van der Waals surface area (Å²) >= 11 is 1.25. The number of sulfonamides is 1. The molecule has 0 aliphatic carbocycles. The molecule has 1 aromatic heterocycles. The van der Waals surface area contributed by atoms with Gasteiger partial charge >= 0.3 is 0 Å². The number of carbonyl (C=O) groups is 1. The Morgan fingerprint density at radius 1 is 1.20 bits per heavy atom. The second-order valence-electron chi connectivity index (χ2n) is 5.40. The number of halogens is 1. The first-order valence-corrected chi connectivity index (χ1v) is 9.52. The fourth-order valence-corrected chi connectivity index (χ4v) is 4.36. The van der Waals surface area contributed by atoms with E-state index in [1.165, 1.54) is 30.4 Å². The van der Waals surface area contributed by atoms with E-state index in [0.717, 1.165) is 22.4 Å². The maximum Gasteiger partial charge on any atom is 0.261 e. The van der Waals surface area contributed by atoms with E-state index in [4.69, 9.17) is 0 Å². The minimum Gasteiger partial charge on any atom is -0.302 e. The Hall–Kier alpha value is -2.52. The van der Waals surface area contributed by atoms with Crippen LogP contribution in [0.15, 0.2) is 41.3 Å². The zero-order valence-electron chi connectivity index (χ0n) is 13.3. The summed E-state index contributed by atoms with van der Waals surface area (Å²) in [6.07, 6.45) is 0. The quantitative estimate of drug-likeness (QED) is 0.726. The number of thiazole rings is 1. The van der Waals surface area contributed by atoms with Gasteiger partial charge in [0.05, 0.1) is 20.8 Å². The maximum atomic E-state index is 13.0. The van der Waals surface area contributed by atoms with Crippen molar-refractivity contribution in [3.05, 3.63) is 47.8 Å². The Bertz CT molecular complexity index is 1060. The van der Waals surface area contributed by atoms with Crippen LogP contribution in [0.2, 0.25) is 0 Å². The Balaban J connectivity index is 1.95. The Labute approximate surface area is 147 Å². The first-order chi connectivity index (χ1) is 11.7. The number of amides is 1. The molecule has 0 saturated carbocycles. The fraction of sp³-hybridized carbons (Fsp3) is 0.125. The molecular formula is C16H14FN3O3S2. The first kappa shape index (κ1) is 17.3. The molecule has 6 nitrogen and oxygen atoms in total. The molecule has 130 valence electrons. The number of aryl methyl sites for hydroxylation is 1. The summed E-state index contributed by atoms with van der Waals surface area (Å²) in [5.74, 6) is -0.736. The van der Waals surface area contributed by atoms with E-state index in [0.29, 0.717) is 16.3 Å². The smallest absolute Gasteiger partial charge is 0.261 e. The molecule has 25 heavy (non-hydrogen) atoms. The Morgan fingerprint density at radius 3 is 2.52 bits per heavy atom. The van der Waals surface area contributed by atoms with Crippen LogP contribution in [0.4, 0.5) is 15.2 Å². The summed E-state index contributed by atoms with van der Waals surface area (Å²) in [7, 11) is -3.83. The molecule has 3 rings (SSSR count). The Kier molecular flexibility index (Phi) is 4.44. The lowest BCUT2D eigenvalue weighted by molar-refractivity contribution is -0.114. The zero-order chi connectivity index (χ0) is 18.2. The molecule has 0 aliphatic rings. The van der Waals surface area contributed by atoms with E-state index in [-0.39, 0.29) is 10.8 Å². The molecule has 0 fully saturated rings. The van der Waals surface area contributed by atoms with Crippen LogP contribution in [-0.2, 0) is 14.8 Å². The van der Waals surface area contributed by atoms with Crippen LogP contribution in [-0.4, -0.2) is 19.3 Å². The largest absolute Gasteiger partial charge is 0.302 e. The standard InChI is InChI=1S/C16H14FN3O3S2/c1-9-7-12(8-14-15(9)19-16(24-14)18-10(2)21)20-25(22,23)13-5-3-11(17)4-6-13/h3-8,20H,1-2H3,(H,18,19,21). The van der Waals surface area contributed by atoms with Crippen LogP contribution in [0, 0.1) is 12.7 Å². The number of rotatable bonds is 4. The molecule has 0 spiro atoms. The summed E-state index contributed by atoms with van der Waals surface area (Å²) in [6, 6.07) is 7.88. The highest BCUT2D eigenvalue weighted by atomic mass is 32.2. The summed E-state index contributed by atoms with van der Waals surface area (Å²) < 4.78 is 41.0. The molecule has 1 amide bonds. The van der Waals surface area contributed by atoms with Gasteiger partial charge in [0.1, 0.15) is 5.82 Å². The summed E-state index contributed by atoms with van der Waals surface area (Å²) in [4.78, 5) is 15.4. The third-order valence-electron chi connectivity index (χ3n) is 3.34. The van der Waals surface area contributed by atoms with E-state index < -0.39 is 15.8 Å². The number of nitrogens with zero attached hydrogens (tertiary/aromatic N) is 1. The number of carbonyl (C=O) groups excluding carboxylic acids is 1. The van der Waals surface area contributed by atoms with E-state index in [9.17, 15) is 17.6 Å². The molecule has 3 aromatic rings. The normalized spacial score (nSPS) is 11.5. The number of nitrogens with one attached hydrogen (secondary N) is 2. The molecule has 0 atom stereocenters. The highest BCUT2D eigenvalue weighted by Gasteiger charge is 2.16. The highest BCUT2D eigenvalue weighted by molar-refractivity contribution is 7.92. The second-order valence-corrected chi connectivity index (χ2v) is 8.11. The average Bonchev–Trinajstić information content (AvgIpc) is 2.89. The summed E-state index contributed by atoms with van der Waals surface area (Å²) in [6.45, 7) is 3.19. The number of aromatic nitrogens is 1. The minimum atomic E-state index is -3.83. The second kappa shape index (κ2) is 6.41. The van der Waals surface area contributed by atoms with Crippen molar-refractivity contribution in [1.29, 1.82) is 0 Å². The molecule has 0 radical (unpaired) electrons. The molecule has 1 heterocycles. The van der Waals surface area contributed by atoms with Gasteiger partial charge in [-0.05, 0) is 48.9 Å². The van der Waals surface area contributed by atoms with Gasteiger partial charge in [0, 0.05) is 6.92 Å². The Morgan fingerprint density at radius 2 is 1.88 bits per heavy atom. The van der Waals surface area contributed by atoms with E-state index in [2.05, 4.69) is 15.0 Å². The summed E-state index contributed by atoms with van der Waals surface area (Å²) in [5.41, 5.74) is 1.83. The van der Waals surface area contributed by atoms with Crippen LogP contribution in [0.1, 0.15) is 12.5 Å². The van der Waals surface area contributed by atoms with Crippen molar-refractivity contribution in [2.75, 3.05) is 10.0 Å². The predicted molar refractivity (Wildman–Crippen MR) is 95.9 cm³/mol. The van der Waals surface area contributed by atoms with Crippen LogP contribution in [0.3, 0.4) is 0 Å². The third kappa shape index (κ3) is 3.77. The van der Waals surface area contributed by atoms with Gasteiger partial charge < -0.3 is 5.32 Å². The number of benzene rings is 2. The molecule has 9 heteroatoms.